The number of H-pyrrole nitrogens is 1. The standard InChI is InChI=1S/C16H17N5O4/c1-3-25-14(23)12-9-18-16-19-15(20-21(16)13(12)22)17-8-10-5-4-6-11(7-10)24-2/h4-7,9H,3,8H2,1-2H3,(H2,17,18,19,20). The number of ether oxygens (including phenoxy) is 2. The maximum absolute atomic E-state index is 12.3. The lowest BCUT2D eigenvalue weighted by Crippen LogP contribution is -2.24. The molecule has 9 heteroatoms. The molecule has 2 N–H and O–H groups in total. The van der Waals surface area contributed by atoms with Crippen molar-refractivity contribution in [3.63, 3.8) is 0 Å². The minimum Gasteiger partial charge on any atom is -0.497 e. The molecule has 130 valence electrons. The number of rotatable bonds is 6. The SMILES string of the molecule is CCOC(=O)c1cnc2nc(NCc3cccc(OC)c3)[nH]n2c1=O. The van der Waals surface area contributed by atoms with E-state index in [4.69, 9.17) is 9.47 Å². The Bertz CT molecular complexity index is 963. The molecule has 0 fully saturated rings. The van der Waals surface area contributed by atoms with Crippen molar-refractivity contribution in [2.24, 2.45) is 0 Å². The average Bonchev–Trinajstić information content (AvgIpc) is 3.05. The number of hydrogen-bond acceptors (Lipinski definition) is 7. The van der Waals surface area contributed by atoms with Crippen molar-refractivity contribution in [3.05, 3.63) is 51.9 Å². The summed E-state index contributed by atoms with van der Waals surface area (Å²) in [7, 11) is 1.60. The lowest BCUT2D eigenvalue weighted by molar-refractivity contribution is 0.0523. The van der Waals surface area contributed by atoms with Crippen LogP contribution in [0, 0.1) is 0 Å². The first-order chi connectivity index (χ1) is 12.1. The Kier molecular flexibility index (Phi) is 4.64. The van der Waals surface area contributed by atoms with Crippen LogP contribution >= 0.6 is 0 Å². The monoisotopic (exact) mass is 343 g/mol. The molecule has 1 aromatic carbocycles. The fraction of sp³-hybridized carbons (Fsp3) is 0.250. The molecule has 0 unspecified atom stereocenters. The Morgan fingerprint density at radius 2 is 2.24 bits per heavy atom. The second kappa shape index (κ2) is 7.04. The van der Waals surface area contributed by atoms with Crippen molar-refractivity contribution in [1.82, 2.24) is 19.6 Å². The Balaban J connectivity index is 1.82. The molecule has 0 saturated carbocycles. The predicted octanol–water partition coefficient (Wildman–Crippen LogP) is 1.21. The first kappa shape index (κ1) is 16.5. The van der Waals surface area contributed by atoms with E-state index >= 15 is 0 Å². The Labute approximate surface area is 142 Å². The fourth-order valence-corrected chi connectivity index (χ4v) is 2.25. The third-order valence-corrected chi connectivity index (χ3v) is 3.46. The summed E-state index contributed by atoms with van der Waals surface area (Å²) in [6, 6.07) is 7.55. The van der Waals surface area contributed by atoms with E-state index in [9.17, 15) is 9.59 Å². The van der Waals surface area contributed by atoms with Crippen LogP contribution in [0.2, 0.25) is 0 Å². The molecule has 0 amide bonds. The summed E-state index contributed by atoms with van der Waals surface area (Å²) < 4.78 is 11.1. The zero-order valence-electron chi connectivity index (χ0n) is 13.8. The third-order valence-electron chi connectivity index (χ3n) is 3.46. The quantitative estimate of drug-likeness (QED) is 0.647. The van der Waals surface area contributed by atoms with Gasteiger partial charge in [-0.1, -0.05) is 12.1 Å². The molecular weight excluding hydrogens is 326 g/mol. The summed E-state index contributed by atoms with van der Waals surface area (Å²) in [4.78, 5) is 32.3. The Morgan fingerprint density at radius 1 is 1.40 bits per heavy atom. The molecule has 0 saturated heterocycles. The highest BCUT2D eigenvalue weighted by Crippen LogP contribution is 2.13. The summed E-state index contributed by atoms with van der Waals surface area (Å²) in [5, 5.41) is 5.85. The number of aromatic nitrogens is 4. The van der Waals surface area contributed by atoms with E-state index in [0.29, 0.717) is 12.5 Å². The summed E-state index contributed by atoms with van der Waals surface area (Å²) in [5.41, 5.74) is 0.264. The van der Waals surface area contributed by atoms with Gasteiger partial charge in [-0.3, -0.25) is 9.89 Å². The van der Waals surface area contributed by atoms with Gasteiger partial charge in [-0.05, 0) is 24.6 Å². The minimum atomic E-state index is -0.713. The normalized spacial score (nSPS) is 10.6. The van der Waals surface area contributed by atoms with Crippen molar-refractivity contribution in [2.45, 2.75) is 13.5 Å². The molecule has 2 aromatic heterocycles. The van der Waals surface area contributed by atoms with Gasteiger partial charge >= 0.3 is 5.97 Å². The number of carbonyl (C=O) groups excluding carboxylic acids is 1. The number of esters is 1. The van der Waals surface area contributed by atoms with Gasteiger partial charge in [0.15, 0.2) is 0 Å². The fourth-order valence-electron chi connectivity index (χ4n) is 2.25. The zero-order valence-corrected chi connectivity index (χ0v) is 13.8. The number of fused-ring (bicyclic) bond motifs is 1. The van der Waals surface area contributed by atoms with Crippen LogP contribution in [0.4, 0.5) is 5.95 Å². The molecule has 0 aliphatic rings. The molecule has 0 spiro atoms. The largest absolute Gasteiger partial charge is 0.497 e. The smallest absolute Gasteiger partial charge is 0.345 e. The molecule has 2 heterocycles. The highest BCUT2D eigenvalue weighted by atomic mass is 16.5. The van der Waals surface area contributed by atoms with Crippen LogP contribution < -0.4 is 15.6 Å². The predicted molar refractivity (Wildman–Crippen MR) is 89.9 cm³/mol. The maximum Gasteiger partial charge on any atom is 0.345 e. The van der Waals surface area contributed by atoms with E-state index in [1.54, 1.807) is 14.0 Å². The van der Waals surface area contributed by atoms with E-state index in [-0.39, 0.29) is 17.9 Å². The molecule has 0 aliphatic heterocycles. The number of aromatic amines is 1. The van der Waals surface area contributed by atoms with E-state index in [1.807, 2.05) is 24.3 Å². The van der Waals surface area contributed by atoms with Crippen molar-refractivity contribution < 1.29 is 14.3 Å². The van der Waals surface area contributed by atoms with E-state index in [0.717, 1.165) is 15.8 Å². The van der Waals surface area contributed by atoms with Crippen LogP contribution in [0.5, 0.6) is 5.75 Å². The molecule has 0 atom stereocenters. The van der Waals surface area contributed by atoms with Crippen LogP contribution in [0.3, 0.4) is 0 Å². The summed E-state index contributed by atoms with van der Waals surface area (Å²) in [6.07, 6.45) is 1.17. The molecular formula is C16H17N5O4. The van der Waals surface area contributed by atoms with Crippen LogP contribution in [0.15, 0.2) is 35.3 Å². The van der Waals surface area contributed by atoms with Gasteiger partial charge < -0.3 is 14.8 Å². The number of carbonyl (C=O) groups is 1. The van der Waals surface area contributed by atoms with Crippen LogP contribution in [0.25, 0.3) is 5.78 Å². The topological polar surface area (TPSA) is 111 Å². The zero-order chi connectivity index (χ0) is 17.8. The van der Waals surface area contributed by atoms with Gasteiger partial charge in [0.25, 0.3) is 11.3 Å². The number of nitrogens with one attached hydrogen (secondary N) is 2. The Hall–Kier alpha value is -3.36. The average molecular weight is 343 g/mol. The van der Waals surface area contributed by atoms with Gasteiger partial charge in [0.1, 0.15) is 11.3 Å². The van der Waals surface area contributed by atoms with Crippen LogP contribution in [-0.4, -0.2) is 39.3 Å². The highest BCUT2D eigenvalue weighted by Gasteiger charge is 2.16. The van der Waals surface area contributed by atoms with Crippen molar-refractivity contribution in [1.29, 1.82) is 0 Å². The van der Waals surface area contributed by atoms with Crippen LogP contribution in [0.1, 0.15) is 22.8 Å². The van der Waals surface area contributed by atoms with Crippen molar-refractivity contribution >= 4 is 17.7 Å². The lowest BCUT2D eigenvalue weighted by Gasteiger charge is -2.05. The summed E-state index contributed by atoms with van der Waals surface area (Å²) in [6.45, 7) is 2.31. The molecule has 9 nitrogen and oxygen atoms in total. The first-order valence-electron chi connectivity index (χ1n) is 7.64. The molecule has 25 heavy (non-hydrogen) atoms. The van der Waals surface area contributed by atoms with Gasteiger partial charge in [-0.25, -0.2) is 9.78 Å². The third kappa shape index (κ3) is 3.44. The van der Waals surface area contributed by atoms with Crippen molar-refractivity contribution in [3.8, 4) is 5.75 Å². The lowest BCUT2D eigenvalue weighted by atomic mass is 10.2. The number of hydrogen-bond donors (Lipinski definition) is 2. The molecule has 3 rings (SSSR count). The number of methoxy groups -OCH3 is 1. The van der Waals surface area contributed by atoms with E-state index < -0.39 is 11.5 Å². The molecule has 3 aromatic rings. The van der Waals surface area contributed by atoms with Crippen molar-refractivity contribution in [2.75, 3.05) is 19.0 Å². The van der Waals surface area contributed by atoms with Gasteiger partial charge in [0.05, 0.1) is 19.9 Å². The van der Waals surface area contributed by atoms with Gasteiger partial charge in [0, 0.05) is 6.54 Å². The second-order valence-corrected chi connectivity index (χ2v) is 5.11. The second-order valence-electron chi connectivity index (χ2n) is 5.11. The summed E-state index contributed by atoms with van der Waals surface area (Å²) in [5.74, 6) is 0.551. The minimum absolute atomic E-state index is 0.151. The number of benzene rings is 1. The molecule has 0 radical (unpaired) electrons. The maximum atomic E-state index is 12.3. The number of anilines is 1. The number of nitrogens with zero attached hydrogens (tertiary/aromatic N) is 3. The Morgan fingerprint density at radius 3 is 3.00 bits per heavy atom. The highest BCUT2D eigenvalue weighted by molar-refractivity contribution is 5.88. The molecule has 0 bridgehead atoms. The summed E-state index contributed by atoms with van der Waals surface area (Å²) >= 11 is 0. The van der Waals surface area contributed by atoms with E-state index in [1.165, 1.54) is 6.20 Å². The van der Waals surface area contributed by atoms with E-state index in [2.05, 4.69) is 20.4 Å². The van der Waals surface area contributed by atoms with Gasteiger partial charge in [-0.15, -0.1) is 0 Å². The van der Waals surface area contributed by atoms with Gasteiger partial charge in [0.2, 0.25) is 5.95 Å². The van der Waals surface area contributed by atoms with Gasteiger partial charge in [-0.2, -0.15) is 9.50 Å². The van der Waals surface area contributed by atoms with Crippen LogP contribution in [-0.2, 0) is 11.3 Å². The first-order valence-corrected chi connectivity index (χ1v) is 7.64. The molecule has 0 aliphatic carbocycles.